The largest absolute Gasteiger partial charge is 0.493 e. The first-order valence-corrected chi connectivity index (χ1v) is 8.36. The van der Waals surface area contributed by atoms with Gasteiger partial charge in [-0.15, -0.1) is 0 Å². The summed E-state index contributed by atoms with van der Waals surface area (Å²) in [5, 5.41) is 2.87. The predicted octanol–water partition coefficient (Wildman–Crippen LogP) is 3.00. The molecule has 0 saturated heterocycles. The Morgan fingerprint density at radius 1 is 1.00 bits per heavy atom. The maximum absolute atomic E-state index is 11.9. The number of aryl methyl sites for hydroxylation is 1. The van der Waals surface area contributed by atoms with Crippen molar-refractivity contribution in [3.63, 3.8) is 0 Å². The summed E-state index contributed by atoms with van der Waals surface area (Å²) >= 11 is 0. The molecule has 0 aromatic heterocycles. The number of hydrogen-bond acceptors (Lipinski definition) is 4. The number of carbonyl (C=O) groups is 1. The van der Waals surface area contributed by atoms with Crippen molar-refractivity contribution in [1.29, 1.82) is 0 Å². The minimum atomic E-state index is -0.133. The molecule has 0 aliphatic heterocycles. The molecule has 0 heterocycles. The van der Waals surface area contributed by atoms with E-state index in [0.717, 1.165) is 23.3 Å². The molecule has 5 nitrogen and oxygen atoms in total. The normalized spacial score (nSPS) is 10.2. The van der Waals surface area contributed by atoms with E-state index in [0.29, 0.717) is 24.5 Å². The van der Waals surface area contributed by atoms with E-state index >= 15 is 0 Å². The molecule has 2 aromatic rings. The van der Waals surface area contributed by atoms with Gasteiger partial charge in [-0.25, -0.2) is 0 Å². The first kappa shape index (κ1) is 18.6. The number of para-hydroxylation sites is 1. The third-order valence-corrected chi connectivity index (χ3v) is 3.90. The standard InChI is InChI=1S/C20H25NO4/c1-4-16-7-5-6-8-17(16)25-14-20(22)21-12-11-15-9-10-18(23-2)19(13-15)24-3/h5-10,13H,4,11-12,14H2,1-3H3,(H,21,22). The Labute approximate surface area is 148 Å². The van der Waals surface area contributed by atoms with Gasteiger partial charge in [-0.3, -0.25) is 4.79 Å². The van der Waals surface area contributed by atoms with Gasteiger partial charge in [-0.1, -0.05) is 31.2 Å². The van der Waals surface area contributed by atoms with E-state index in [1.807, 2.05) is 42.5 Å². The second kappa shape index (κ2) is 9.57. The fourth-order valence-electron chi connectivity index (χ4n) is 2.51. The van der Waals surface area contributed by atoms with Gasteiger partial charge in [0.1, 0.15) is 5.75 Å². The molecule has 2 aromatic carbocycles. The Bertz CT molecular complexity index is 700. The summed E-state index contributed by atoms with van der Waals surface area (Å²) < 4.78 is 16.1. The molecule has 134 valence electrons. The zero-order valence-corrected chi connectivity index (χ0v) is 15.0. The molecule has 1 N–H and O–H groups in total. The minimum Gasteiger partial charge on any atom is -0.493 e. The second-order valence-corrected chi connectivity index (χ2v) is 5.54. The van der Waals surface area contributed by atoms with Gasteiger partial charge >= 0.3 is 0 Å². The van der Waals surface area contributed by atoms with Crippen LogP contribution in [0, 0.1) is 0 Å². The fraction of sp³-hybridized carbons (Fsp3) is 0.350. The van der Waals surface area contributed by atoms with Crippen molar-refractivity contribution in [2.45, 2.75) is 19.8 Å². The Kier molecular flexibility index (Phi) is 7.14. The van der Waals surface area contributed by atoms with Crippen molar-refractivity contribution in [3.05, 3.63) is 53.6 Å². The van der Waals surface area contributed by atoms with Gasteiger partial charge in [0.25, 0.3) is 5.91 Å². The minimum absolute atomic E-state index is 0.0168. The summed E-state index contributed by atoms with van der Waals surface area (Å²) in [6.45, 7) is 2.61. The molecule has 5 heteroatoms. The number of ether oxygens (including phenoxy) is 3. The first-order chi connectivity index (χ1) is 12.2. The summed E-state index contributed by atoms with van der Waals surface area (Å²) in [5.41, 5.74) is 2.16. The van der Waals surface area contributed by atoms with E-state index in [9.17, 15) is 4.79 Å². The molecule has 0 spiro atoms. The number of nitrogens with one attached hydrogen (secondary N) is 1. The third-order valence-electron chi connectivity index (χ3n) is 3.90. The fourth-order valence-corrected chi connectivity index (χ4v) is 2.51. The lowest BCUT2D eigenvalue weighted by Gasteiger charge is -2.11. The van der Waals surface area contributed by atoms with Gasteiger partial charge in [-0.05, 0) is 42.2 Å². The number of hydrogen-bond donors (Lipinski definition) is 1. The molecule has 0 saturated carbocycles. The molecule has 0 radical (unpaired) electrons. The summed E-state index contributed by atoms with van der Waals surface area (Å²) in [6, 6.07) is 13.5. The summed E-state index contributed by atoms with van der Waals surface area (Å²) in [4.78, 5) is 11.9. The average Bonchev–Trinajstić information content (AvgIpc) is 2.66. The molecule has 0 bridgehead atoms. The Morgan fingerprint density at radius 3 is 2.48 bits per heavy atom. The predicted molar refractivity (Wildman–Crippen MR) is 97.6 cm³/mol. The highest BCUT2D eigenvalue weighted by Gasteiger charge is 2.07. The maximum Gasteiger partial charge on any atom is 0.257 e. The molecule has 2 rings (SSSR count). The Morgan fingerprint density at radius 2 is 1.76 bits per heavy atom. The van der Waals surface area contributed by atoms with Crippen LogP contribution in [0.2, 0.25) is 0 Å². The summed E-state index contributed by atoms with van der Waals surface area (Å²) in [6.07, 6.45) is 1.58. The van der Waals surface area contributed by atoms with Crippen LogP contribution in [-0.2, 0) is 17.6 Å². The van der Waals surface area contributed by atoms with Gasteiger partial charge in [-0.2, -0.15) is 0 Å². The number of methoxy groups -OCH3 is 2. The van der Waals surface area contributed by atoms with Crippen molar-refractivity contribution in [2.24, 2.45) is 0 Å². The molecule has 0 aliphatic rings. The molecular weight excluding hydrogens is 318 g/mol. The van der Waals surface area contributed by atoms with Crippen molar-refractivity contribution >= 4 is 5.91 Å². The number of benzene rings is 2. The highest BCUT2D eigenvalue weighted by Crippen LogP contribution is 2.27. The topological polar surface area (TPSA) is 56.8 Å². The van der Waals surface area contributed by atoms with E-state index in [2.05, 4.69) is 12.2 Å². The molecule has 25 heavy (non-hydrogen) atoms. The van der Waals surface area contributed by atoms with Crippen molar-refractivity contribution in [1.82, 2.24) is 5.32 Å². The van der Waals surface area contributed by atoms with E-state index in [1.165, 1.54) is 0 Å². The molecule has 0 aliphatic carbocycles. The highest BCUT2D eigenvalue weighted by atomic mass is 16.5. The van der Waals surface area contributed by atoms with E-state index < -0.39 is 0 Å². The zero-order valence-electron chi connectivity index (χ0n) is 15.0. The van der Waals surface area contributed by atoms with Gasteiger partial charge in [0.15, 0.2) is 18.1 Å². The monoisotopic (exact) mass is 343 g/mol. The lowest BCUT2D eigenvalue weighted by Crippen LogP contribution is -2.30. The number of rotatable bonds is 9. The van der Waals surface area contributed by atoms with Crippen LogP contribution in [0.4, 0.5) is 0 Å². The molecule has 0 atom stereocenters. The van der Waals surface area contributed by atoms with Crippen LogP contribution in [0.3, 0.4) is 0 Å². The zero-order chi connectivity index (χ0) is 18.1. The van der Waals surface area contributed by atoms with Gasteiger partial charge < -0.3 is 19.5 Å². The van der Waals surface area contributed by atoms with E-state index in [4.69, 9.17) is 14.2 Å². The van der Waals surface area contributed by atoms with Gasteiger partial charge in [0, 0.05) is 6.54 Å². The van der Waals surface area contributed by atoms with Crippen LogP contribution in [0.5, 0.6) is 17.2 Å². The van der Waals surface area contributed by atoms with Crippen molar-refractivity contribution in [3.8, 4) is 17.2 Å². The van der Waals surface area contributed by atoms with Crippen LogP contribution in [0.15, 0.2) is 42.5 Å². The lowest BCUT2D eigenvalue weighted by atomic mass is 10.1. The first-order valence-electron chi connectivity index (χ1n) is 8.36. The summed E-state index contributed by atoms with van der Waals surface area (Å²) in [5.74, 6) is 2.01. The lowest BCUT2D eigenvalue weighted by molar-refractivity contribution is -0.123. The molecule has 1 amide bonds. The average molecular weight is 343 g/mol. The molecule has 0 unspecified atom stereocenters. The molecule has 0 fully saturated rings. The number of amides is 1. The Hall–Kier alpha value is -2.69. The third kappa shape index (κ3) is 5.41. The Balaban J connectivity index is 1.79. The van der Waals surface area contributed by atoms with Crippen LogP contribution in [0.1, 0.15) is 18.1 Å². The second-order valence-electron chi connectivity index (χ2n) is 5.54. The van der Waals surface area contributed by atoms with Crippen molar-refractivity contribution in [2.75, 3.05) is 27.4 Å². The molecular formula is C20H25NO4. The van der Waals surface area contributed by atoms with Crippen molar-refractivity contribution < 1.29 is 19.0 Å². The van der Waals surface area contributed by atoms with E-state index in [-0.39, 0.29) is 12.5 Å². The smallest absolute Gasteiger partial charge is 0.257 e. The quantitative estimate of drug-likeness (QED) is 0.760. The highest BCUT2D eigenvalue weighted by molar-refractivity contribution is 5.77. The van der Waals surface area contributed by atoms with Crippen LogP contribution >= 0.6 is 0 Å². The van der Waals surface area contributed by atoms with E-state index in [1.54, 1.807) is 14.2 Å². The van der Waals surface area contributed by atoms with Crippen LogP contribution < -0.4 is 19.5 Å². The SMILES string of the molecule is CCc1ccccc1OCC(=O)NCCc1ccc(OC)c(OC)c1. The van der Waals surface area contributed by atoms with Gasteiger partial charge in [0.05, 0.1) is 14.2 Å². The number of carbonyl (C=O) groups excluding carboxylic acids is 1. The summed E-state index contributed by atoms with van der Waals surface area (Å²) in [7, 11) is 3.21. The van der Waals surface area contributed by atoms with Crippen LogP contribution in [0.25, 0.3) is 0 Å². The van der Waals surface area contributed by atoms with Gasteiger partial charge in [0.2, 0.25) is 0 Å². The van der Waals surface area contributed by atoms with Crippen LogP contribution in [-0.4, -0.2) is 33.3 Å². The maximum atomic E-state index is 11.9.